The Labute approximate surface area is 96.0 Å². The van der Waals surface area contributed by atoms with Crippen LogP contribution < -0.4 is 5.32 Å². The molecule has 1 aromatic heterocycles. The van der Waals surface area contributed by atoms with Crippen molar-refractivity contribution in [3.8, 4) is 0 Å². The van der Waals surface area contributed by atoms with Crippen LogP contribution in [0.5, 0.6) is 0 Å². The molecule has 3 unspecified atom stereocenters. The molecule has 88 valence electrons. The van der Waals surface area contributed by atoms with Crippen molar-refractivity contribution in [2.75, 3.05) is 0 Å². The number of hydrogen-bond acceptors (Lipinski definition) is 3. The topological polar surface area (TPSA) is 39.1 Å². The van der Waals surface area contributed by atoms with E-state index in [4.69, 9.17) is 4.74 Å². The number of ether oxygens (including phenoxy) is 1. The third-order valence-electron chi connectivity index (χ3n) is 3.76. The molecular formula is C12H19N3O. The SMILES string of the molecule is CCn1nccc1CNC1CC2CCC1O2. The molecule has 3 rings (SSSR count). The molecule has 3 heterocycles. The minimum absolute atomic E-state index is 0.461. The van der Waals surface area contributed by atoms with Crippen molar-refractivity contribution in [2.24, 2.45) is 0 Å². The van der Waals surface area contributed by atoms with E-state index >= 15 is 0 Å². The van der Waals surface area contributed by atoms with Crippen molar-refractivity contribution in [3.63, 3.8) is 0 Å². The summed E-state index contributed by atoms with van der Waals surface area (Å²) in [7, 11) is 0. The lowest BCUT2D eigenvalue weighted by Gasteiger charge is -2.20. The molecule has 0 aromatic carbocycles. The quantitative estimate of drug-likeness (QED) is 0.833. The number of rotatable bonds is 4. The second-order valence-electron chi connectivity index (χ2n) is 4.74. The van der Waals surface area contributed by atoms with E-state index in [1.54, 1.807) is 0 Å². The zero-order chi connectivity index (χ0) is 11.0. The summed E-state index contributed by atoms with van der Waals surface area (Å²) in [6.45, 7) is 3.97. The summed E-state index contributed by atoms with van der Waals surface area (Å²) in [6.07, 6.45) is 6.54. The molecule has 2 aliphatic rings. The molecule has 0 saturated carbocycles. The first-order valence-corrected chi connectivity index (χ1v) is 6.26. The van der Waals surface area contributed by atoms with Gasteiger partial charge < -0.3 is 10.1 Å². The van der Waals surface area contributed by atoms with Crippen LogP contribution in [-0.2, 0) is 17.8 Å². The van der Waals surface area contributed by atoms with E-state index in [0.29, 0.717) is 18.2 Å². The molecule has 2 fully saturated rings. The Hall–Kier alpha value is -0.870. The predicted octanol–water partition coefficient (Wildman–Crippen LogP) is 1.31. The van der Waals surface area contributed by atoms with Gasteiger partial charge in [-0.3, -0.25) is 4.68 Å². The molecule has 0 radical (unpaired) electrons. The van der Waals surface area contributed by atoms with Crippen molar-refractivity contribution >= 4 is 0 Å². The smallest absolute Gasteiger partial charge is 0.0733 e. The average Bonchev–Trinajstić information content (AvgIpc) is 3.01. The Morgan fingerprint density at radius 2 is 2.50 bits per heavy atom. The predicted molar refractivity (Wildman–Crippen MR) is 61.0 cm³/mol. The fourth-order valence-electron chi connectivity index (χ4n) is 2.88. The van der Waals surface area contributed by atoms with Gasteiger partial charge >= 0.3 is 0 Å². The third kappa shape index (κ3) is 1.76. The monoisotopic (exact) mass is 221 g/mol. The zero-order valence-electron chi connectivity index (χ0n) is 9.72. The number of nitrogens with one attached hydrogen (secondary N) is 1. The molecule has 2 aliphatic heterocycles. The van der Waals surface area contributed by atoms with Crippen LogP contribution in [0, 0.1) is 0 Å². The maximum Gasteiger partial charge on any atom is 0.0733 e. The van der Waals surface area contributed by atoms with Gasteiger partial charge in [0.2, 0.25) is 0 Å². The summed E-state index contributed by atoms with van der Waals surface area (Å²) >= 11 is 0. The molecular weight excluding hydrogens is 202 g/mol. The maximum absolute atomic E-state index is 5.83. The summed E-state index contributed by atoms with van der Waals surface area (Å²) in [5, 5.41) is 7.88. The minimum atomic E-state index is 0.461. The van der Waals surface area contributed by atoms with E-state index in [0.717, 1.165) is 13.1 Å². The van der Waals surface area contributed by atoms with Crippen molar-refractivity contribution in [1.29, 1.82) is 0 Å². The fraction of sp³-hybridized carbons (Fsp3) is 0.750. The van der Waals surface area contributed by atoms with Crippen LogP contribution in [0.4, 0.5) is 0 Å². The molecule has 0 spiro atoms. The molecule has 16 heavy (non-hydrogen) atoms. The van der Waals surface area contributed by atoms with Gasteiger partial charge in [0.25, 0.3) is 0 Å². The van der Waals surface area contributed by atoms with Gasteiger partial charge in [0.1, 0.15) is 0 Å². The van der Waals surface area contributed by atoms with Crippen molar-refractivity contribution in [2.45, 2.75) is 57.5 Å². The Kier molecular flexibility index (Phi) is 2.69. The molecule has 0 aliphatic carbocycles. The van der Waals surface area contributed by atoms with E-state index in [2.05, 4.69) is 23.4 Å². The van der Waals surface area contributed by atoms with Gasteiger partial charge in [0, 0.05) is 25.3 Å². The number of nitrogens with zero attached hydrogens (tertiary/aromatic N) is 2. The lowest BCUT2D eigenvalue weighted by Crippen LogP contribution is -2.37. The first-order chi connectivity index (χ1) is 7.86. The Morgan fingerprint density at radius 1 is 1.56 bits per heavy atom. The van der Waals surface area contributed by atoms with Gasteiger partial charge in [0.15, 0.2) is 0 Å². The number of hydrogen-bond donors (Lipinski definition) is 1. The Bertz CT molecular complexity index is 363. The molecule has 4 heteroatoms. The van der Waals surface area contributed by atoms with Gasteiger partial charge in [-0.2, -0.15) is 5.10 Å². The molecule has 0 amide bonds. The number of aryl methyl sites for hydroxylation is 1. The summed E-state index contributed by atoms with van der Waals surface area (Å²) in [5.74, 6) is 0. The van der Waals surface area contributed by atoms with Crippen molar-refractivity contribution < 1.29 is 4.74 Å². The van der Waals surface area contributed by atoms with Crippen LogP contribution in [0.2, 0.25) is 0 Å². The first-order valence-electron chi connectivity index (χ1n) is 6.26. The molecule has 1 N–H and O–H groups in total. The highest BCUT2D eigenvalue weighted by Crippen LogP contribution is 2.34. The van der Waals surface area contributed by atoms with Crippen molar-refractivity contribution in [1.82, 2.24) is 15.1 Å². The summed E-state index contributed by atoms with van der Waals surface area (Å²) in [6, 6.07) is 2.64. The first kappa shape index (κ1) is 10.3. The van der Waals surface area contributed by atoms with Crippen LogP contribution in [0.3, 0.4) is 0 Å². The highest BCUT2D eigenvalue weighted by molar-refractivity contribution is 5.02. The van der Waals surface area contributed by atoms with E-state index in [-0.39, 0.29) is 0 Å². The second kappa shape index (κ2) is 4.18. The number of fused-ring (bicyclic) bond motifs is 2. The molecule has 2 saturated heterocycles. The van der Waals surface area contributed by atoms with Gasteiger partial charge in [-0.25, -0.2) is 0 Å². The van der Waals surface area contributed by atoms with Crippen LogP contribution in [0.1, 0.15) is 31.9 Å². The summed E-state index contributed by atoms with van der Waals surface area (Å²) in [5.41, 5.74) is 1.27. The highest BCUT2D eigenvalue weighted by Gasteiger charge is 2.40. The van der Waals surface area contributed by atoms with Gasteiger partial charge in [-0.15, -0.1) is 0 Å². The Morgan fingerprint density at radius 3 is 3.19 bits per heavy atom. The van der Waals surface area contributed by atoms with E-state index in [9.17, 15) is 0 Å². The van der Waals surface area contributed by atoms with Crippen LogP contribution in [0.15, 0.2) is 12.3 Å². The van der Waals surface area contributed by atoms with Gasteiger partial charge in [-0.1, -0.05) is 0 Å². The van der Waals surface area contributed by atoms with Gasteiger partial charge in [-0.05, 0) is 32.3 Å². The van der Waals surface area contributed by atoms with Crippen molar-refractivity contribution in [3.05, 3.63) is 18.0 Å². The third-order valence-corrected chi connectivity index (χ3v) is 3.76. The second-order valence-corrected chi connectivity index (χ2v) is 4.74. The fourth-order valence-corrected chi connectivity index (χ4v) is 2.88. The summed E-state index contributed by atoms with van der Waals surface area (Å²) in [4.78, 5) is 0. The van der Waals surface area contributed by atoms with E-state index in [1.807, 2.05) is 10.9 Å². The van der Waals surface area contributed by atoms with Crippen LogP contribution >= 0.6 is 0 Å². The molecule has 3 atom stereocenters. The van der Waals surface area contributed by atoms with Gasteiger partial charge in [0.05, 0.1) is 17.9 Å². The molecule has 4 nitrogen and oxygen atoms in total. The zero-order valence-corrected chi connectivity index (χ0v) is 9.72. The van der Waals surface area contributed by atoms with Crippen LogP contribution in [-0.4, -0.2) is 28.0 Å². The lowest BCUT2D eigenvalue weighted by molar-refractivity contribution is 0.0972. The van der Waals surface area contributed by atoms with E-state index in [1.165, 1.54) is 25.0 Å². The highest BCUT2D eigenvalue weighted by atomic mass is 16.5. The average molecular weight is 221 g/mol. The maximum atomic E-state index is 5.83. The standard InChI is InChI=1S/C12H19N3O/c1-2-15-9(5-6-14-15)8-13-11-7-10-3-4-12(11)16-10/h5-6,10-13H,2-4,7-8H2,1H3. The summed E-state index contributed by atoms with van der Waals surface area (Å²) < 4.78 is 7.87. The molecule has 2 bridgehead atoms. The van der Waals surface area contributed by atoms with E-state index < -0.39 is 0 Å². The lowest BCUT2D eigenvalue weighted by atomic mass is 9.95. The Balaban J connectivity index is 1.57. The number of aromatic nitrogens is 2. The molecule has 1 aromatic rings. The minimum Gasteiger partial charge on any atom is -0.373 e. The largest absolute Gasteiger partial charge is 0.373 e. The van der Waals surface area contributed by atoms with Crippen LogP contribution in [0.25, 0.3) is 0 Å². The normalized spacial score (nSPS) is 32.4.